The first kappa shape index (κ1) is 19.1. The van der Waals surface area contributed by atoms with E-state index in [0.29, 0.717) is 12.1 Å². The maximum Gasteiger partial charge on any atom is 0.128 e. The van der Waals surface area contributed by atoms with Gasteiger partial charge in [0.05, 0.1) is 26.3 Å². The molecule has 0 unspecified atom stereocenters. The van der Waals surface area contributed by atoms with Crippen molar-refractivity contribution in [1.82, 2.24) is 14.8 Å². The number of benzene rings is 3. The summed E-state index contributed by atoms with van der Waals surface area (Å²) in [4.78, 5) is 0. The van der Waals surface area contributed by atoms with Gasteiger partial charge in [-0.05, 0) is 48.5 Å². The first-order chi connectivity index (χ1) is 15.2. The Morgan fingerprint density at radius 3 is 2.29 bits per heavy atom. The second-order valence-corrected chi connectivity index (χ2v) is 7.27. The van der Waals surface area contributed by atoms with Gasteiger partial charge in [0.25, 0.3) is 0 Å². The van der Waals surface area contributed by atoms with Crippen LogP contribution in [0.5, 0.6) is 11.5 Å². The number of methoxy groups -OCH3 is 2. The molecule has 6 heteroatoms. The van der Waals surface area contributed by atoms with Gasteiger partial charge < -0.3 is 14.0 Å². The lowest BCUT2D eigenvalue weighted by Crippen LogP contribution is -2.05. The van der Waals surface area contributed by atoms with Crippen LogP contribution in [0.2, 0.25) is 0 Å². The predicted molar refractivity (Wildman–Crippen MR) is 118 cm³/mol. The van der Waals surface area contributed by atoms with E-state index in [0.717, 1.165) is 44.9 Å². The molecule has 154 valence electrons. The average Bonchev–Trinajstić information content (AvgIpc) is 3.24. The van der Waals surface area contributed by atoms with E-state index in [1.807, 2.05) is 59.3 Å². The fraction of sp³-hybridized carbons (Fsp3) is 0.120. The Kier molecular flexibility index (Phi) is 4.75. The lowest BCUT2D eigenvalue weighted by molar-refractivity contribution is 0.415. The lowest BCUT2D eigenvalue weighted by atomic mass is 10.0. The van der Waals surface area contributed by atoms with E-state index < -0.39 is 0 Å². The number of rotatable bonds is 5. The van der Waals surface area contributed by atoms with Gasteiger partial charge in [0, 0.05) is 28.3 Å². The first-order valence-electron chi connectivity index (χ1n) is 9.89. The monoisotopic (exact) mass is 413 g/mol. The molecule has 0 saturated carbocycles. The minimum absolute atomic E-state index is 0.231. The van der Waals surface area contributed by atoms with Crippen LogP contribution in [0.3, 0.4) is 0 Å². The number of halogens is 1. The number of aromatic nitrogens is 3. The quantitative estimate of drug-likeness (QED) is 0.387. The zero-order chi connectivity index (χ0) is 21.4. The zero-order valence-electron chi connectivity index (χ0n) is 17.2. The summed E-state index contributed by atoms with van der Waals surface area (Å²) in [5, 5.41) is 9.86. The Morgan fingerprint density at radius 2 is 1.55 bits per heavy atom. The summed E-state index contributed by atoms with van der Waals surface area (Å²) in [6.07, 6.45) is 2.00. The molecule has 5 rings (SSSR count). The van der Waals surface area contributed by atoms with Crippen molar-refractivity contribution >= 4 is 10.9 Å². The fourth-order valence-corrected chi connectivity index (χ4v) is 3.85. The summed E-state index contributed by atoms with van der Waals surface area (Å²) < 4.78 is 27.1. The molecule has 0 bridgehead atoms. The third-order valence-corrected chi connectivity index (χ3v) is 5.48. The Labute approximate surface area is 179 Å². The molecule has 2 heterocycles. The third kappa shape index (κ3) is 3.36. The maximum absolute atomic E-state index is 14.4. The van der Waals surface area contributed by atoms with Gasteiger partial charge in [0.15, 0.2) is 0 Å². The van der Waals surface area contributed by atoms with Gasteiger partial charge in [0.1, 0.15) is 28.7 Å². The van der Waals surface area contributed by atoms with Crippen molar-refractivity contribution in [2.24, 2.45) is 0 Å². The van der Waals surface area contributed by atoms with Gasteiger partial charge in [-0.2, -0.15) is 0 Å². The summed E-state index contributed by atoms with van der Waals surface area (Å²) in [6.45, 7) is 0.388. The van der Waals surface area contributed by atoms with E-state index in [9.17, 15) is 4.39 Å². The number of hydrogen-bond acceptors (Lipinski definition) is 4. The molecule has 0 fully saturated rings. The highest BCUT2D eigenvalue weighted by Crippen LogP contribution is 2.38. The van der Waals surface area contributed by atoms with Crippen molar-refractivity contribution in [3.05, 3.63) is 84.3 Å². The zero-order valence-corrected chi connectivity index (χ0v) is 17.2. The molecule has 3 aromatic carbocycles. The Morgan fingerprint density at radius 1 is 0.839 bits per heavy atom. The van der Waals surface area contributed by atoms with Crippen molar-refractivity contribution in [3.63, 3.8) is 0 Å². The van der Waals surface area contributed by atoms with E-state index in [1.54, 1.807) is 26.4 Å². The van der Waals surface area contributed by atoms with Gasteiger partial charge >= 0.3 is 0 Å². The fourth-order valence-electron chi connectivity index (χ4n) is 3.85. The normalized spacial score (nSPS) is 11.2. The Balaban J connectivity index is 1.72. The van der Waals surface area contributed by atoms with Gasteiger partial charge in [-0.3, -0.25) is 0 Å². The minimum atomic E-state index is -0.231. The van der Waals surface area contributed by atoms with Crippen molar-refractivity contribution in [2.45, 2.75) is 6.54 Å². The predicted octanol–water partition coefficient (Wildman–Crippen LogP) is 5.41. The van der Waals surface area contributed by atoms with E-state index >= 15 is 0 Å². The molecule has 2 aliphatic rings. The Bertz CT molecular complexity index is 1350. The summed E-state index contributed by atoms with van der Waals surface area (Å²) in [5.41, 5.74) is 4.92. The molecule has 0 amide bonds. The number of fused-ring (bicyclic) bond motifs is 3. The molecular weight excluding hydrogens is 393 g/mol. The Hall–Kier alpha value is -3.93. The number of pyridine rings is 1. The molecule has 0 spiro atoms. The SMILES string of the molecule is COc1ccc(-c2nnc3c4cc(OC)ccc4n(Cc4ccccc4F)cc2-3)cc1. The number of nitrogens with zero attached hydrogens (tertiary/aromatic N) is 3. The highest BCUT2D eigenvalue weighted by Gasteiger charge is 2.21. The molecule has 0 N–H and O–H groups in total. The molecule has 0 radical (unpaired) electrons. The molecule has 5 nitrogen and oxygen atoms in total. The average molecular weight is 413 g/mol. The molecule has 0 aliphatic carbocycles. The van der Waals surface area contributed by atoms with Crippen molar-refractivity contribution in [1.29, 1.82) is 0 Å². The smallest absolute Gasteiger partial charge is 0.128 e. The van der Waals surface area contributed by atoms with Crippen LogP contribution < -0.4 is 9.47 Å². The maximum atomic E-state index is 14.4. The van der Waals surface area contributed by atoms with Crippen LogP contribution in [0.15, 0.2) is 72.9 Å². The third-order valence-electron chi connectivity index (χ3n) is 5.48. The van der Waals surface area contributed by atoms with E-state index in [4.69, 9.17) is 9.47 Å². The van der Waals surface area contributed by atoms with Crippen molar-refractivity contribution < 1.29 is 13.9 Å². The molecule has 31 heavy (non-hydrogen) atoms. The molecule has 2 aliphatic heterocycles. The minimum Gasteiger partial charge on any atom is -0.497 e. The largest absolute Gasteiger partial charge is 0.497 e. The van der Waals surface area contributed by atoms with Crippen LogP contribution in [0.1, 0.15) is 5.56 Å². The van der Waals surface area contributed by atoms with Crippen LogP contribution in [0.4, 0.5) is 4.39 Å². The van der Waals surface area contributed by atoms with Gasteiger partial charge in [-0.1, -0.05) is 18.2 Å². The van der Waals surface area contributed by atoms with Gasteiger partial charge in [-0.25, -0.2) is 4.39 Å². The van der Waals surface area contributed by atoms with E-state index in [2.05, 4.69) is 10.2 Å². The van der Waals surface area contributed by atoms with Crippen LogP contribution >= 0.6 is 0 Å². The summed E-state index contributed by atoms with van der Waals surface area (Å²) >= 11 is 0. The highest BCUT2D eigenvalue weighted by atomic mass is 19.1. The van der Waals surface area contributed by atoms with Crippen LogP contribution in [-0.4, -0.2) is 29.0 Å². The second kappa shape index (κ2) is 7.72. The lowest BCUT2D eigenvalue weighted by Gasteiger charge is -2.16. The summed E-state index contributed by atoms with van der Waals surface area (Å²) in [7, 11) is 3.27. The molecule has 0 saturated heterocycles. The number of ether oxygens (including phenoxy) is 2. The molecule has 0 atom stereocenters. The first-order valence-corrected chi connectivity index (χ1v) is 9.89. The molecule has 3 aromatic rings. The van der Waals surface area contributed by atoms with Crippen LogP contribution in [0, 0.1) is 5.82 Å². The van der Waals surface area contributed by atoms with Crippen LogP contribution in [-0.2, 0) is 6.54 Å². The van der Waals surface area contributed by atoms with E-state index in [-0.39, 0.29) is 5.82 Å². The van der Waals surface area contributed by atoms with Gasteiger partial charge in [0.2, 0.25) is 0 Å². The van der Waals surface area contributed by atoms with Crippen molar-refractivity contribution in [3.8, 4) is 34.0 Å². The topological polar surface area (TPSA) is 49.2 Å². The van der Waals surface area contributed by atoms with Gasteiger partial charge in [-0.15, -0.1) is 10.2 Å². The van der Waals surface area contributed by atoms with Crippen molar-refractivity contribution in [2.75, 3.05) is 14.2 Å². The highest BCUT2D eigenvalue weighted by molar-refractivity contribution is 5.98. The number of hydrogen-bond donors (Lipinski definition) is 0. The standard InChI is InChI=1S/C25H20FN3O2/c1-30-18-9-7-16(8-10-18)24-21-15-29(14-17-5-3-4-6-22(17)26)23-12-11-19(31-2)13-20(23)25(21)28-27-24/h3-13,15H,14H2,1-2H3. The summed E-state index contributed by atoms with van der Waals surface area (Å²) in [6, 6.07) is 20.3. The molecular formula is C25H20FN3O2. The summed E-state index contributed by atoms with van der Waals surface area (Å²) in [5.74, 6) is 1.27. The molecule has 0 aromatic heterocycles. The van der Waals surface area contributed by atoms with Crippen LogP contribution in [0.25, 0.3) is 33.4 Å². The second-order valence-electron chi connectivity index (χ2n) is 7.27. The van der Waals surface area contributed by atoms with E-state index in [1.165, 1.54) is 6.07 Å².